The zero-order valence-electron chi connectivity index (χ0n) is 9.81. The number of hydrogen-bond donors (Lipinski definition) is 0. The Labute approximate surface area is 101 Å². The zero-order valence-corrected chi connectivity index (χ0v) is 9.81. The number of rotatable bonds is 4. The van der Waals surface area contributed by atoms with Crippen LogP contribution >= 0.6 is 0 Å². The van der Waals surface area contributed by atoms with Crippen molar-refractivity contribution in [2.24, 2.45) is 5.92 Å². The molecular weight excluding hydrogens is 218 g/mol. The van der Waals surface area contributed by atoms with Crippen LogP contribution in [0.3, 0.4) is 0 Å². The van der Waals surface area contributed by atoms with Crippen LogP contribution in [0, 0.1) is 17.2 Å². The first-order valence-corrected chi connectivity index (χ1v) is 5.62. The lowest BCUT2D eigenvalue weighted by Crippen LogP contribution is -2.12. The molecule has 0 saturated carbocycles. The van der Waals surface area contributed by atoms with E-state index >= 15 is 0 Å². The van der Waals surface area contributed by atoms with E-state index in [2.05, 4.69) is 6.07 Å². The van der Waals surface area contributed by atoms with Gasteiger partial charge in [-0.25, -0.2) is 0 Å². The molecule has 0 spiro atoms. The summed E-state index contributed by atoms with van der Waals surface area (Å²) < 4.78 is 16.2. The minimum absolute atomic E-state index is 0.409. The molecule has 0 radical (unpaired) electrons. The molecule has 1 unspecified atom stereocenters. The second-order valence-electron chi connectivity index (χ2n) is 3.99. The van der Waals surface area contributed by atoms with Crippen LogP contribution in [0.25, 0.3) is 0 Å². The molecule has 17 heavy (non-hydrogen) atoms. The molecule has 4 nitrogen and oxygen atoms in total. The van der Waals surface area contributed by atoms with Gasteiger partial charge in [-0.2, -0.15) is 5.26 Å². The highest BCUT2D eigenvalue weighted by Crippen LogP contribution is 2.31. The molecule has 4 heteroatoms. The highest BCUT2D eigenvalue weighted by atomic mass is 16.5. The Kier molecular flexibility index (Phi) is 3.84. The molecule has 0 amide bonds. The van der Waals surface area contributed by atoms with Crippen molar-refractivity contribution in [3.8, 4) is 17.6 Å². The SMILES string of the molecule is COc1cccc(C#N)c1OCC1CCOC1. The Morgan fingerprint density at radius 2 is 2.41 bits per heavy atom. The highest BCUT2D eigenvalue weighted by Gasteiger charge is 2.18. The molecule has 1 heterocycles. The molecule has 1 aromatic rings. The summed E-state index contributed by atoms with van der Waals surface area (Å²) in [7, 11) is 1.57. The van der Waals surface area contributed by atoms with E-state index in [0.717, 1.165) is 19.6 Å². The molecule has 1 atom stereocenters. The Balaban J connectivity index is 2.10. The van der Waals surface area contributed by atoms with Gasteiger partial charge in [-0.05, 0) is 18.6 Å². The Bertz CT molecular complexity index is 419. The molecule has 1 saturated heterocycles. The number of benzene rings is 1. The Morgan fingerprint density at radius 1 is 1.53 bits per heavy atom. The standard InChI is InChI=1S/C13H15NO3/c1-15-12-4-2-3-11(7-14)13(12)17-9-10-5-6-16-8-10/h2-4,10H,5-6,8-9H2,1H3. The van der Waals surface area contributed by atoms with Crippen LogP contribution < -0.4 is 9.47 Å². The van der Waals surface area contributed by atoms with Crippen molar-refractivity contribution in [3.63, 3.8) is 0 Å². The van der Waals surface area contributed by atoms with Gasteiger partial charge in [0, 0.05) is 12.5 Å². The molecule has 0 bridgehead atoms. The van der Waals surface area contributed by atoms with Gasteiger partial charge in [0.1, 0.15) is 6.07 Å². The summed E-state index contributed by atoms with van der Waals surface area (Å²) in [5.74, 6) is 1.54. The van der Waals surface area contributed by atoms with Gasteiger partial charge in [0.25, 0.3) is 0 Å². The lowest BCUT2D eigenvalue weighted by Gasteiger charge is -2.14. The lowest BCUT2D eigenvalue weighted by molar-refractivity contribution is 0.165. The number of methoxy groups -OCH3 is 1. The van der Waals surface area contributed by atoms with Gasteiger partial charge in [-0.15, -0.1) is 0 Å². The molecule has 1 aliphatic rings. The first-order valence-electron chi connectivity index (χ1n) is 5.62. The van der Waals surface area contributed by atoms with Crippen LogP contribution in [0.15, 0.2) is 18.2 Å². The maximum Gasteiger partial charge on any atom is 0.178 e. The van der Waals surface area contributed by atoms with Crippen LogP contribution in [-0.2, 0) is 4.74 Å². The van der Waals surface area contributed by atoms with Crippen LogP contribution in [0.1, 0.15) is 12.0 Å². The van der Waals surface area contributed by atoms with E-state index in [1.807, 2.05) is 0 Å². The molecule has 1 aromatic carbocycles. The van der Waals surface area contributed by atoms with Crippen LogP contribution in [-0.4, -0.2) is 26.9 Å². The van der Waals surface area contributed by atoms with Gasteiger partial charge in [-0.3, -0.25) is 0 Å². The summed E-state index contributed by atoms with van der Waals surface area (Å²) in [5.41, 5.74) is 0.503. The molecule has 0 aromatic heterocycles. The minimum Gasteiger partial charge on any atom is -0.493 e. The van der Waals surface area contributed by atoms with E-state index < -0.39 is 0 Å². The van der Waals surface area contributed by atoms with Crippen molar-refractivity contribution in [2.75, 3.05) is 26.9 Å². The van der Waals surface area contributed by atoms with Gasteiger partial charge in [0.05, 0.1) is 25.9 Å². The topological polar surface area (TPSA) is 51.5 Å². The molecular formula is C13H15NO3. The van der Waals surface area contributed by atoms with Gasteiger partial charge in [-0.1, -0.05) is 6.07 Å². The normalized spacial score (nSPS) is 18.7. The zero-order chi connectivity index (χ0) is 12.1. The smallest absolute Gasteiger partial charge is 0.178 e. The number of hydrogen-bond acceptors (Lipinski definition) is 4. The fourth-order valence-electron chi connectivity index (χ4n) is 1.83. The number of para-hydroxylation sites is 1. The van der Waals surface area contributed by atoms with E-state index in [1.165, 1.54) is 0 Å². The summed E-state index contributed by atoms with van der Waals surface area (Å²) in [6, 6.07) is 7.41. The monoisotopic (exact) mass is 233 g/mol. The van der Waals surface area contributed by atoms with E-state index in [0.29, 0.717) is 29.6 Å². The van der Waals surface area contributed by atoms with Gasteiger partial charge >= 0.3 is 0 Å². The summed E-state index contributed by atoms with van der Waals surface area (Å²) in [6.45, 7) is 2.09. The number of ether oxygens (including phenoxy) is 3. The average Bonchev–Trinajstić information content (AvgIpc) is 2.88. The Hall–Kier alpha value is -1.73. The second-order valence-corrected chi connectivity index (χ2v) is 3.99. The van der Waals surface area contributed by atoms with E-state index in [-0.39, 0.29) is 0 Å². The van der Waals surface area contributed by atoms with E-state index in [9.17, 15) is 0 Å². The predicted octanol–water partition coefficient (Wildman–Crippen LogP) is 1.98. The third-order valence-corrected chi connectivity index (χ3v) is 2.81. The summed E-state index contributed by atoms with van der Waals surface area (Å²) in [6.07, 6.45) is 1.01. The van der Waals surface area contributed by atoms with Crippen molar-refractivity contribution in [3.05, 3.63) is 23.8 Å². The van der Waals surface area contributed by atoms with Crippen molar-refractivity contribution in [1.82, 2.24) is 0 Å². The van der Waals surface area contributed by atoms with Crippen LogP contribution in [0.5, 0.6) is 11.5 Å². The highest BCUT2D eigenvalue weighted by molar-refractivity contribution is 5.52. The average molecular weight is 233 g/mol. The largest absolute Gasteiger partial charge is 0.493 e. The lowest BCUT2D eigenvalue weighted by atomic mass is 10.1. The maximum absolute atomic E-state index is 9.02. The summed E-state index contributed by atoms with van der Waals surface area (Å²) in [4.78, 5) is 0. The van der Waals surface area contributed by atoms with E-state index in [4.69, 9.17) is 19.5 Å². The fourth-order valence-corrected chi connectivity index (χ4v) is 1.83. The minimum atomic E-state index is 0.409. The summed E-state index contributed by atoms with van der Waals surface area (Å²) >= 11 is 0. The van der Waals surface area contributed by atoms with Crippen molar-refractivity contribution in [1.29, 1.82) is 5.26 Å². The number of nitrogens with zero attached hydrogens (tertiary/aromatic N) is 1. The maximum atomic E-state index is 9.02. The molecule has 0 aliphatic carbocycles. The van der Waals surface area contributed by atoms with Crippen molar-refractivity contribution < 1.29 is 14.2 Å². The molecule has 0 N–H and O–H groups in total. The van der Waals surface area contributed by atoms with Gasteiger partial charge < -0.3 is 14.2 Å². The van der Waals surface area contributed by atoms with Crippen LogP contribution in [0.4, 0.5) is 0 Å². The third kappa shape index (κ3) is 2.69. The Morgan fingerprint density at radius 3 is 3.06 bits per heavy atom. The molecule has 1 fully saturated rings. The van der Waals surface area contributed by atoms with Gasteiger partial charge in [0.2, 0.25) is 0 Å². The predicted molar refractivity (Wildman–Crippen MR) is 62.1 cm³/mol. The molecule has 2 rings (SSSR count). The second kappa shape index (κ2) is 5.55. The van der Waals surface area contributed by atoms with Crippen molar-refractivity contribution >= 4 is 0 Å². The van der Waals surface area contributed by atoms with Gasteiger partial charge in [0.15, 0.2) is 11.5 Å². The summed E-state index contributed by atoms with van der Waals surface area (Å²) in [5, 5.41) is 9.02. The van der Waals surface area contributed by atoms with E-state index in [1.54, 1.807) is 25.3 Å². The quantitative estimate of drug-likeness (QED) is 0.798. The third-order valence-electron chi connectivity index (χ3n) is 2.81. The van der Waals surface area contributed by atoms with Crippen molar-refractivity contribution in [2.45, 2.75) is 6.42 Å². The first kappa shape index (κ1) is 11.7. The molecule has 90 valence electrons. The molecule has 1 aliphatic heterocycles. The van der Waals surface area contributed by atoms with Crippen LogP contribution in [0.2, 0.25) is 0 Å². The first-order chi connectivity index (χ1) is 8.35. The fraction of sp³-hybridized carbons (Fsp3) is 0.462. The number of nitriles is 1.